The van der Waals surface area contributed by atoms with Crippen LogP contribution in [0.2, 0.25) is 0 Å². The smallest absolute Gasteiger partial charge is 0.339 e. The number of esters is 1. The Morgan fingerprint density at radius 3 is 2.29 bits per heavy atom. The molecule has 1 heterocycles. The monoisotopic (exact) mass is 280 g/mol. The Kier molecular flexibility index (Phi) is 3.26. The largest absolute Gasteiger partial charge is 0.497 e. The van der Waals surface area contributed by atoms with Crippen molar-refractivity contribution in [3.63, 3.8) is 0 Å². The molecule has 3 heteroatoms. The van der Waals surface area contributed by atoms with Gasteiger partial charge in [-0.1, -0.05) is 42.5 Å². The van der Waals surface area contributed by atoms with Crippen molar-refractivity contribution in [3.8, 4) is 5.75 Å². The average molecular weight is 280 g/mol. The minimum atomic E-state index is -0.715. The van der Waals surface area contributed by atoms with Crippen molar-refractivity contribution in [1.29, 1.82) is 0 Å². The van der Waals surface area contributed by atoms with Crippen LogP contribution < -0.4 is 4.74 Å². The quantitative estimate of drug-likeness (QED) is 0.807. The molecule has 1 unspecified atom stereocenters. The summed E-state index contributed by atoms with van der Waals surface area (Å²) in [5, 5.41) is 0. The van der Waals surface area contributed by atoms with Crippen LogP contribution in [0.25, 0.3) is 5.57 Å². The van der Waals surface area contributed by atoms with Gasteiger partial charge < -0.3 is 9.47 Å². The van der Waals surface area contributed by atoms with E-state index in [9.17, 15) is 4.79 Å². The van der Waals surface area contributed by atoms with Gasteiger partial charge in [0.15, 0.2) is 5.60 Å². The van der Waals surface area contributed by atoms with Crippen molar-refractivity contribution >= 4 is 11.5 Å². The predicted molar refractivity (Wildman–Crippen MR) is 80.9 cm³/mol. The maximum absolute atomic E-state index is 12.2. The summed E-state index contributed by atoms with van der Waals surface area (Å²) in [4.78, 5) is 12.2. The highest BCUT2D eigenvalue weighted by atomic mass is 16.6. The second-order valence-electron chi connectivity index (χ2n) is 5.15. The third-order valence-electron chi connectivity index (χ3n) is 3.69. The fraction of sp³-hybridized carbons (Fsp3) is 0.167. The zero-order valence-electron chi connectivity index (χ0n) is 12.0. The fourth-order valence-electron chi connectivity index (χ4n) is 2.49. The fourth-order valence-corrected chi connectivity index (χ4v) is 2.49. The van der Waals surface area contributed by atoms with Crippen LogP contribution in [0.5, 0.6) is 5.75 Å². The van der Waals surface area contributed by atoms with E-state index in [0.29, 0.717) is 5.57 Å². The average Bonchev–Trinajstić information content (AvgIpc) is 2.85. The lowest BCUT2D eigenvalue weighted by Crippen LogP contribution is -2.20. The third-order valence-corrected chi connectivity index (χ3v) is 3.69. The van der Waals surface area contributed by atoms with Gasteiger partial charge in [-0.15, -0.1) is 0 Å². The van der Waals surface area contributed by atoms with E-state index >= 15 is 0 Å². The molecule has 0 aliphatic carbocycles. The van der Waals surface area contributed by atoms with Gasteiger partial charge in [0, 0.05) is 0 Å². The molecule has 0 bridgehead atoms. The van der Waals surface area contributed by atoms with E-state index < -0.39 is 5.60 Å². The van der Waals surface area contributed by atoms with E-state index in [0.717, 1.165) is 16.9 Å². The van der Waals surface area contributed by atoms with Gasteiger partial charge in [0.1, 0.15) is 5.75 Å². The Hall–Kier alpha value is -2.55. The van der Waals surface area contributed by atoms with Crippen molar-refractivity contribution in [2.45, 2.75) is 12.5 Å². The first-order valence-corrected chi connectivity index (χ1v) is 6.78. The molecule has 2 aromatic rings. The first-order valence-electron chi connectivity index (χ1n) is 6.78. The lowest BCUT2D eigenvalue weighted by Gasteiger charge is -2.21. The van der Waals surface area contributed by atoms with Gasteiger partial charge in [-0.05, 0) is 36.3 Å². The minimum absolute atomic E-state index is 0.300. The second-order valence-corrected chi connectivity index (χ2v) is 5.15. The van der Waals surface area contributed by atoms with Crippen LogP contribution in [-0.4, -0.2) is 13.1 Å². The standard InChI is InChI=1S/C18H16O3/c1-18(14-6-4-3-5-7-14)12-16(17(19)21-18)13-8-10-15(20-2)11-9-13/h3-12H,1-2H3. The van der Waals surface area contributed by atoms with E-state index in [-0.39, 0.29) is 5.97 Å². The molecule has 0 aromatic heterocycles. The van der Waals surface area contributed by atoms with Crippen molar-refractivity contribution < 1.29 is 14.3 Å². The molecular formula is C18H16O3. The lowest BCUT2D eigenvalue weighted by molar-refractivity contribution is -0.144. The molecule has 1 atom stereocenters. The van der Waals surface area contributed by atoms with Gasteiger partial charge in [-0.3, -0.25) is 0 Å². The van der Waals surface area contributed by atoms with Gasteiger partial charge in [0.2, 0.25) is 0 Å². The van der Waals surface area contributed by atoms with Crippen LogP contribution in [0.4, 0.5) is 0 Å². The van der Waals surface area contributed by atoms with Crippen LogP contribution in [0.15, 0.2) is 60.7 Å². The number of rotatable bonds is 3. The summed E-state index contributed by atoms with van der Waals surface area (Å²) < 4.78 is 10.7. The summed E-state index contributed by atoms with van der Waals surface area (Å²) in [5.74, 6) is 0.461. The number of hydrogen-bond acceptors (Lipinski definition) is 3. The van der Waals surface area contributed by atoms with Gasteiger partial charge >= 0.3 is 5.97 Å². The molecule has 3 nitrogen and oxygen atoms in total. The van der Waals surface area contributed by atoms with Crippen LogP contribution in [0.3, 0.4) is 0 Å². The summed E-state index contributed by atoms with van der Waals surface area (Å²) in [7, 11) is 1.62. The predicted octanol–water partition coefficient (Wildman–Crippen LogP) is 3.55. The molecule has 1 aliphatic heterocycles. The van der Waals surface area contributed by atoms with Crippen molar-refractivity contribution in [1.82, 2.24) is 0 Å². The number of benzene rings is 2. The number of hydrogen-bond donors (Lipinski definition) is 0. The Bertz CT molecular complexity index is 686. The molecule has 21 heavy (non-hydrogen) atoms. The summed E-state index contributed by atoms with van der Waals surface area (Å²) in [6.45, 7) is 1.90. The molecule has 3 rings (SSSR count). The maximum Gasteiger partial charge on any atom is 0.339 e. The summed E-state index contributed by atoms with van der Waals surface area (Å²) in [6, 6.07) is 17.1. The molecule has 106 valence electrons. The van der Waals surface area contributed by atoms with Gasteiger partial charge in [0.25, 0.3) is 0 Å². The third kappa shape index (κ3) is 2.42. The summed E-state index contributed by atoms with van der Waals surface area (Å²) in [6.07, 6.45) is 1.88. The SMILES string of the molecule is COc1ccc(C2=CC(C)(c3ccccc3)OC2=O)cc1. The van der Waals surface area contributed by atoms with Crippen LogP contribution in [0.1, 0.15) is 18.1 Å². The molecule has 0 saturated heterocycles. The maximum atomic E-state index is 12.2. The van der Waals surface area contributed by atoms with E-state index in [1.54, 1.807) is 7.11 Å². The number of methoxy groups -OCH3 is 1. The first kappa shape index (κ1) is 13.4. The van der Waals surface area contributed by atoms with Crippen molar-refractivity contribution in [3.05, 3.63) is 71.8 Å². The second kappa shape index (κ2) is 5.09. The van der Waals surface area contributed by atoms with Crippen LogP contribution in [0, 0.1) is 0 Å². The molecular weight excluding hydrogens is 264 g/mol. The Balaban J connectivity index is 1.99. The molecule has 0 N–H and O–H groups in total. The van der Waals surface area contributed by atoms with E-state index in [1.165, 1.54) is 0 Å². The van der Waals surface area contributed by atoms with Gasteiger partial charge in [-0.2, -0.15) is 0 Å². The van der Waals surface area contributed by atoms with E-state index in [4.69, 9.17) is 9.47 Å². The molecule has 1 aliphatic rings. The van der Waals surface area contributed by atoms with Crippen LogP contribution in [-0.2, 0) is 15.1 Å². The molecule has 0 fully saturated rings. The normalized spacial score (nSPS) is 20.9. The van der Waals surface area contributed by atoms with Crippen molar-refractivity contribution in [2.75, 3.05) is 7.11 Å². The number of cyclic esters (lactones) is 1. The Morgan fingerprint density at radius 2 is 1.67 bits per heavy atom. The van der Waals surface area contributed by atoms with Crippen molar-refractivity contribution in [2.24, 2.45) is 0 Å². The molecule has 0 amide bonds. The molecule has 0 radical (unpaired) electrons. The van der Waals surface area contributed by atoms with E-state index in [1.807, 2.05) is 67.6 Å². The van der Waals surface area contributed by atoms with Crippen LogP contribution >= 0.6 is 0 Å². The molecule has 0 saturated carbocycles. The zero-order chi connectivity index (χ0) is 14.9. The Labute approximate surface area is 123 Å². The van der Waals surface area contributed by atoms with E-state index in [2.05, 4.69) is 0 Å². The van der Waals surface area contributed by atoms with Gasteiger partial charge in [0.05, 0.1) is 12.7 Å². The lowest BCUT2D eigenvalue weighted by atomic mass is 9.94. The first-order chi connectivity index (χ1) is 10.1. The minimum Gasteiger partial charge on any atom is -0.497 e. The highest BCUT2D eigenvalue weighted by Crippen LogP contribution is 2.38. The van der Waals surface area contributed by atoms with Gasteiger partial charge in [-0.25, -0.2) is 4.79 Å². The summed E-state index contributed by atoms with van der Waals surface area (Å²) >= 11 is 0. The highest BCUT2D eigenvalue weighted by molar-refractivity contribution is 6.18. The Morgan fingerprint density at radius 1 is 1.00 bits per heavy atom. The topological polar surface area (TPSA) is 35.5 Å². The zero-order valence-corrected chi connectivity index (χ0v) is 12.0. The summed E-state index contributed by atoms with van der Waals surface area (Å²) in [5.41, 5.74) is 1.67. The molecule has 0 spiro atoms. The number of carbonyl (C=O) groups excluding carboxylic acids is 1. The molecule has 2 aromatic carbocycles. The highest BCUT2D eigenvalue weighted by Gasteiger charge is 2.37. The number of carbonyl (C=O) groups is 1. The number of ether oxygens (including phenoxy) is 2.